The number of Topliss-reactive ketones (excluding diaryl/α,β-unsaturated/α-hetero) is 2. The van der Waals surface area contributed by atoms with E-state index in [9.17, 15) is 47.9 Å². The average Bonchev–Trinajstić information content (AvgIpc) is 0.856. The molecule has 0 aromatic rings. The monoisotopic (exact) mass is 1740 g/mol. The van der Waals surface area contributed by atoms with E-state index >= 15 is 0 Å². The zero-order chi connectivity index (χ0) is 91.6. The number of ketones is 2. The molecule has 7 amide bonds. The third-order valence-electron chi connectivity index (χ3n) is 21.4. The molecule has 0 saturated carbocycles. The first kappa shape index (κ1) is 116. The molecule has 0 radical (unpaired) electrons. The van der Waals surface area contributed by atoms with Gasteiger partial charge < -0.3 is 155 Å². The molecule has 0 aliphatic carbocycles. The highest BCUT2D eigenvalue weighted by Crippen LogP contribution is 2.20. The number of nitrogens with one attached hydrogen (secondary N) is 11. The van der Waals surface area contributed by atoms with Crippen LogP contribution in [0.3, 0.4) is 0 Å². The van der Waals surface area contributed by atoms with E-state index in [1.54, 1.807) is 35.5 Å². The van der Waals surface area contributed by atoms with Crippen molar-refractivity contribution in [3.8, 4) is 0 Å². The van der Waals surface area contributed by atoms with Crippen LogP contribution in [0.5, 0.6) is 0 Å². The molecule has 0 heterocycles. The van der Waals surface area contributed by atoms with Gasteiger partial charge in [-0.2, -0.15) is 0 Å². The molecular formula is C82H175N29O11. The molecule has 0 aromatic carbocycles. The van der Waals surface area contributed by atoms with Crippen molar-refractivity contribution in [3.63, 3.8) is 0 Å². The number of hydrogen-bond acceptors (Lipinski definition) is 33. The van der Waals surface area contributed by atoms with Crippen molar-refractivity contribution in [2.75, 3.05) is 328 Å². The second-order valence-corrected chi connectivity index (χ2v) is 32.7. The lowest BCUT2D eigenvalue weighted by atomic mass is 9.83. The van der Waals surface area contributed by atoms with Gasteiger partial charge in [-0.3, -0.25) is 52.8 Å². The van der Waals surface area contributed by atoms with Gasteiger partial charge in [-0.25, -0.2) is 0 Å². The molecule has 0 aromatic heterocycles. The molecule has 11 atom stereocenters. The van der Waals surface area contributed by atoms with Crippen molar-refractivity contribution in [1.82, 2.24) is 97.7 Å². The molecule has 40 nitrogen and oxygen atoms in total. The van der Waals surface area contributed by atoms with Crippen molar-refractivity contribution in [2.45, 2.75) is 75.7 Å². The fourth-order valence-corrected chi connectivity index (χ4v) is 14.4. The van der Waals surface area contributed by atoms with Crippen molar-refractivity contribution >= 4 is 58.9 Å². The number of carbonyl (C=O) groups is 10. The fraction of sp³-hybridized carbons (Fsp3) is 0.878. The summed E-state index contributed by atoms with van der Waals surface area (Å²) in [6.45, 7) is 38.7. The Morgan fingerprint density at radius 1 is 0.246 bits per heavy atom. The molecule has 122 heavy (non-hydrogen) atoms. The Morgan fingerprint density at radius 3 is 0.885 bits per heavy atom. The van der Waals surface area contributed by atoms with Crippen molar-refractivity contribution in [1.29, 1.82) is 0 Å². The number of nitrogens with zero attached hydrogens (tertiary/aromatic N) is 8. The van der Waals surface area contributed by atoms with Gasteiger partial charge >= 0.3 is 5.97 Å². The van der Waals surface area contributed by atoms with E-state index in [2.05, 4.69) is 73.2 Å². The minimum atomic E-state index is -0.986. The third-order valence-corrected chi connectivity index (χ3v) is 21.4. The summed E-state index contributed by atoms with van der Waals surface area (Å²) < 4.78 is 5.03. The summed E-state index contributed by atoms with van der Waals surface area (Å²) >= 11 is 0. The van der Waals surface area contributed by atoms with Crippen LogP contribution >= 0.6 is 0 Å². The van der Waals surface area contributed by atoms with E-state index in [4.69, 9.17) is 62.1 Å². The highest BCUT2D eigenvalue weighted by Gasteiger charge is 2.35. The predicted molar refractivity (Wildman–Crippen MR) is 486 cm³/mol. The smallest absolute Gasteiger partial charge is 0.310 e. The van der Waals surface area contributed by atoms with Crippen LogP contribution in [-0.4, -0.2) is 426 Å². The van der Waals surface area contributed by atoms with Crippen molar-refractivity contribution < 1.29 is 52.7 Å². The molecule has 0 spiro atoms. The molecular weight excluding hydrogens is 1570 g/mol. The number of carbonyl (C=O) groups excluding carboxylic acids is 10. The van der Waals surface area contributed by atoms with E-state index in [0.29, 0.717) is 255 Å². The summed E-state index contributed by atoms with van der Waals surface area (Å²) in [5.74, 6) is -7.90. The Hall–Kier alpha value is -5.78. The fourth-order valence-electron chi connectivity index (χ4n) is 14.4. The Balaban J connectivity index is 6.42. The van der Waals surface area contributed by atoms with Gasteiger partial charge in [-0.15, -0.1) is 0 Å². The Morgan fingerprint density at radius 2 is 0.508 bits per heavy atom. The summed E-state index contributed by atoms with van der Waals surface area (Å²) in [6.07, 6.45) is 0.182. The SMILES string of the molecule is COC(=O)C(C)CN(CCNCCNC(=O)C(C)CN(CCN)CCN)C(=O)C(C)CN(CCNCCNC(=O)C(C)CN(CCN)CCC(C(=O)C(C)CNCCNCCN)C(=O)C(C)CNCCN(CCNC(=O)C(C)CN(CCN)CCNC(=O)C(C)CN(CCN)CCN)C(=O)C(C)CN(CCN)CCN)C(=O)C(C)CNCCNCCN. The highest BCUT2D eigenvalue weighted by molar-refractivity contribution is 6.04. The standard InChI is InChI=1S/C82H175N29O11/c1-62(52-97-27-25-93-23-13-83)73(112)72(74(113)63(2)53-99-35-48-109(80(119)69(8)59-107(44-20-90)45-21-91)51-37-103-78(117)68(7)58-108(46-22-92)47-36-102-77(116)67(6)57-106(42-18-88)43-19-89)12-38-104(39-15-85)55-65(4)75(114)100-31-29-95-33-49-110(79(118)64(3)54-98-28-26-94-24-14-84)60-70(9)81(120)111(61-71(10)82(121)122-11)50-34-96-30-32-101-76(115)66(5)56-105(40-16-86)41-17-87/h62-72,93-99H,12-61,83-92H2,1-11H3,(H,100,114)(H,101,115)(H,102,116)(H,103,117). The molecule has 0 aliphatic heterocycles. The normalized spacial score (nSPS) is 14.5. The van der Waals surface area contributed by atoms with E-state index in [1.807, 2.05) is 58.3 Å². The zero-order valence-electron chi connectivity index (χ0n) is 77.0. The van der Waals surface area contributed by atoms with E-state index in [1.165, 1.54) is 7.11 Å². The first-order valence-corrected chi connectivity index (χ1v) is 45.1. The molecule has 0 bridgehead atoms. The average molecular weight is 1740 g/mol. The first-order valence-electron chi connectivity index (χ1n) is 45.1. The molecule has 40 heteroatoms. The van der Waals surface area contributed by atoms with Crippen LogP contribution in [0.1, 0.15) is 75.7 Å². The van der Waals surface area contributed by atoms with Crippen LogP contribution in [0, 0.1) is 65.1 Å². The maximum atomic E-state index is 14.8. The van der Waals surface area contributed by atoms with Gasteiger partial charge in [0.05, 0.1) is 24.9 Å². The van der Waals surface area contributed by atoms with Crippen LogP contribution in [0.4, 0.5) is 0 Å². The minimum absolute atomic E-state index is 0.0840. The van der Waals surface area contributed by atoms with Gasteiger partial charge in [-0.05, 0) is 13.0 Å². The molecule has 0 rings (SSSR count). The summed E-state index contributed by atoms with van der Waals surface area (Å²) in [5, 5.41) is 35.3. The lowest BCUT2D eigenvalue weighted by molar-refractivity contribution is -0.147. The van der Waals surface area contributed by atoms with E-state index < -0.39 is 59.2 Å². The van der Waals surface area contributed by atoms with Crippen LogP contribution in [0.2, 0.25) is 0 Å². The van der Waals surface area contributed by atoms with Crippen molar-refractivity contribution in [2.24, 2.45) is 122 Å². The first-order chi connectivity index (χ1) is 58.4. The van der Waals surface area contributed by atoms with Crippen LogP contribution in [0.25, 0.3) is 0 Å². The van der Waals surface area contributed by atoms with Gasteiger partial charge in [0.1, 0.15) is 11.6 Å². The maximum absolute atomic E-state index is 14.8. The van der Waals surface area contributed by atoms with Crippen molar-refractivity contribution in [3.05, 3.63) is 0 Å². The second-order valence-electron chi connectivity index (χ2n) is 32.7. The number of rotatable bonds is 82. The summed E-state index contributed by atoms with van der Waals surface area (Å²) in [6, 6.07) is 0. The Kier molecular flexibility index (Phi) is 69.8. The van der Waals surface area contributed by atoms with Gasteiger partial charge in [0.25, 0.3) is 0 Å². The molecule has 31 N–H and O–H groups in total. The number of methoxy groups -OCH3 is 1. The predicted octanol–water partition coefficient (Wildman–Crippen LogP) is -9.16. The molecule has 0 aliphatic rings. The summed E-state index contributed by atoms with van der Waals surface area (Å²) in [5.41, 5.74) is 58.5. The van der Waals surface area contributed by atoms with Gasteiger partial charge in [0, 0.05) is 361 Å². The minimum Gasteiger partial charge on any atom is -0.469 e. The van der Waals surface area contributed by atoms with Gasteiger partial charge in [-0.1, -0.05) is 69.2 Å². The summed E-state index contributed by atoms with van der Waals surface area (Å²) in [7, 11) is 1.30. The Labute approximate surface area is 732 Å². The highest BCUT2D eigenvalue weighted by atomic mass is 16.5. The number of ether oxygens (including phenoxy) is 1. The molecule has 11 unspecified atom stereocenters. The lowest BCUT2D eigenvalue weighted by Crippen LogP contribution is -2.49. The molecule has 714 valence electrons. The second kappa shape index (κ2) is 73.3. The van der Waals surface area contributed by atoms with E-state index in [-0.39, 0.29) is 137 Å². The maximum Gasteiger partial charge on any atom is 0.310 e. The molecule has 0 fully saturated rings. The van der Waals surface area contributed by atoms with Gasteiger partial charge in [0.15, 0.2) is 0 Å². The zero-order valence-corrected chi connectivity index (χ0v) is 77.0. The van der Waals surface area contributed by atoms with E-state index in [0.717, 1.165) is 0 Å². The number of amides is 7. The number of nitrogens with two attached hydrogens (primary N) is 10. The topological polar surface area (TPSA) is 598 Å². The quantitative estimate of drug-likeness (QED) is 0.0153. The van der Waals surface area contributed by atoms with Gasteiger partial charge in [0.2, 0.25) is 41.4 Å². The van der Waals surface area contributed by atoms with Crippen LogP contribution in [0.15, 0.2) is 0 Å². The third kappa shape index (κ3) is 53.0. The lowest BCUT2D eigenvalue weighted by Gasteiger charge is -2.32. The largest absolute Gasteiger partial charge is 0.469 e. The summed E-state index contributed by atoms with van der Waals surface area (Å²) in [4.78, 5) is 154. The number of hydrogen-bond donors (Lipinski definition) is 21. The Bertz CT molecular complexity index is 2770. The van der Waals surface area contributed by atoms with Crippen LogP contribution < -0.4 is 116 Å². The number of esters is 1. The molecule has 0 saturated heterocycles. The van der Waals surface area contributed by atoms with Crippen LogP contribution in [-0.2, 0) is 52.7 Å².